The highest BCUT2D eigenvalue weighted by Crippen LogP contribution is 2.38. The van der Waals surface area contributed by atoms with Crippen molar-refractivity contribution in [3.63, 3.8) is 0 Å². The second kappa shape index (κ2) is 9.15. The molecule has 150 valence electrons. The monoisotopic (exact) mass is 391 g/mol. The fourth-order valence-corrected chi connectivity index (χ4v) is 3.43. The van der Waals surface area contributed by atoms with Crippen molar-refractivity contribution >= 4 is 5.57 Å². The van der Waals surface area contributed by atoms with E-state index in [0.29, 0.717) is 42.9 Å². The van der Waals surface area contributed by atoms with Crippen LogP contribution in [-0.2, 0) is 11.2 Å². The van der Waals surface area contributed by atoms with Crippen LogP contribution in [0.25, 0.3) is 5.57 Å². The van der Waals surface area contributed by atoms with Gasteiger partial charge in [-0.05, 0) is 41.7 Å². The van der Waals surface area contributed by atoms with E-state index >= 15 is 0 Å². The van der Waals surface area contributed by atoms with Crippen LogP contribution in [0, 0.1) is 0 Å². The van der Waals surface area contributed by atoms with Crippen molar-refractivity contribution in [2.24, 2.45) is 0 Å². The molecule has 0 radical (unpaired) electrons. The molecule has 2 aromatic carbocycles. The zero-order valence-electron chi connectivity index (χ0n) is 15.8. The predicted molar refractivity (Wildman–Crippen MR) is 103 cm³/mol. The van der Waals surface area contributed by atoms with Crippen molar-refractivity contribution in [2.45, 2.75) is 19.0 Å². The molecule has 28 heavy (non-hydrogen) atoms. The van der Waals surface area contributed by atoms with E-state index in [2.05, 4.69) is 0 Å². The molecule has 1 heterocycles. The van der Waals surface area contributed by atoms with E-state index in [1.807, 2.05) is 30.3 Å². The maximum Gasteiger partial charge on any atom is 0.431 e. The van der Waals surface area contributed by atoms with E-state index in [4.69, 9.17) is 9.47 Å². The first-order valence-corrected chi connectivity index (χ1v) is 9.30. The van der Waals surface area contributed by atoms with Gasteiger partial charge in [-0.3, -0.25) is 0 Å². The molecule has 1 fully saturated rings. The molecule has 0 N–H and O–H groups in total. The summed E-state index contributed by atoms with van der Waals surface area (Å²) in [5.74, 6) is 0.617. The normalized spacial score (nSPS) is 15.9. The number of benzene rings is 2. The van der Waals surface area contributed by atoms with Crippen LogP contribution in [0.1, 0.15) is 17.5 Å². The Balaban J connectivity index is 2.03. The van der Waals surface area contributed by atoms with Crippen molar-refractivity contribution in [2.75, 3.05) is 33.4 Å². The van der Waals surface area contributed by atoms with E-state index in [1.165, 1.54) is 12.0 Å². The first kappa shape index (κ1) is 20.3. The molecule has 3 nitrogen and oxygen atoms in total. The van der Waals surface area contributed by atoms with Crippen molar-refractivity contribution < 1.29 is 22.6 Å². The average molecular weight is 391 g/mol. The van der Waals surface area contributed by atoms with Gasteiger partial charge in [-0.2, -0.15) is 13.2 Å². The molecule has 0 atom stereocenters. The lowest BCUT2D eigenvalue weighted by molar-refractivity contribution is -0.117. The minimum Gasteiger partial charge on any atom is -0.497 e. The summed E-state index contributed by atoms with van der Waals surface area (Å²) in [6.45, 7) is 1.07. The molecule has 6 heteroatoms. The number of aryl methyl sites for hydroxylation is 1. The van der Waals surface area contributed by atoms with E-state index in [-0.39, 0.29) is 13.1 Å². The Bertz CT molecular complexity index is 780. The Kier molecular flexibility index (Phi) is 6.62. The number of hydrogen-bond donors (Lipinski definition) is 0. The van der Waals surface area contributed by atoms with Gasteiger partial charge in [0.1, 0.15) is 11.4 Å². The standard InChI is InChI=1S/C22H24F3NO2/c1-27-19-10-8-18(9-11-19)20(12-7-17-5-3-2-4-6-17)21(22(23,24)25)26-13-15-28-16-14-26/h2-6,8-11H,7,12-16H2,1H3/b21-20-. The van der Waals surface area contributed by atoms with Crippen molar-refractivity contribution in [1.29, 1.82) is 0 Å². The van der Waals surface area contributed by atoms with Gasteiger partial charge in [0.05, 0.1) is 20.3 Å². The van der Waals surface area contributed by atoms with Crippen LogP contribution < -0.4 is 4.74 Å². The van der Waals surface area contributed by atoms with E-state index in [1.54, 1.807) is 24.3 Å². The number of halogens is 3. The van der Waals surface area contributed by atoms with Crippen LogP contribution in [0.15, 0.2) is 60.3 Å². The van der Waals surface area contributed by atoms with Gasteiger partial charge in [0.2, 0.25) is 0 Å². The lowest BCUT2D eigenvalue weighted by Gasteiger charge is -2.34. The molecule has 0 amide bonds. The number of nitrogens with zero attached hydrogens (tertiary/aromatic N) is 1. The molecule has 0 bridgehead atoms. The highest BCUT2D eigenvalue weighted by Gasteiger charge is 2.40. The molecule has 1 aliphatic rings. The van der Waals surface area contributed by atoms with Gasteiger partial charge in [0, 0.05) is 13.1 Å². The minimum atomic E-state index is -4.44. The third-order valence-electron chi connectivity index (χ3n) is 4.83. The molecule has 0 aliphatic carbocycles. The summed E-state index contributed by atoms with van der Waals surface area (Å²) in [6.07, 6.45) is -3.61. The second-order valence-electron chi connectivity index (χ2n) is 6.64. The number of ether oxygens (including phenoxy) is 2. The van der Waals surface area contributed by atoms with Gasteiger partial charge in [-0.25, -0.2) is 0 Å². The highest BCUT2D eigenvalue weighted by atomic mass is 19.4. The summed E-state index contributed by atoms with van der Waals surface area (Å²) >= 11 is 0. The third-order valence-corrected chi connectivity index (χ3v) is 4.83. The summed E-state index contributed by atoms with van der Waals surface area (Å²) in [5.41, 5.74) is 1.32. The quantitative estimate of drug-likeness (QED) is 0.697. The predicted octanol–water partition coefficient (Wildman–Crippen LogP) is 4.93. The molecule has 0 aromatic heterocycles. The summed E-state index contributed by atoms with van der Waals surface area (Å²) < 4.78 is 52.9. The van der Waals surface area contributed by atoms with Gasteiger partial charge < -0.3 is 14.4 Å². The van der Waals surface area contributed by atoms with E-state index < -0.39 is 11.9 Å². The fourth-order valence-electron chi connectivity index (χ4n) is 3.43. The van der Waals surface area contributed by atoms with Gasteiger partial charge in [-0.15, -0.1) is 0 Å². The molecule has 0 spiro atoms. The first-order chi connectivity index (χ1) is 13.5. The van der Waals surface area contributed by atoms with Crippen LogP contribution >= 0.6 is 0 Å². The number of allylic oxidation sites excluding steroid dienone is 2. The SMILES string of the molecule is COc1ccc(/C(CCc2ccccc2)=C(\N2CCOCC2)C(F)(F)F)cc1. The van der Waals surface area contributed by atoms with Crippen LogP contribution in [0.4, 0.5) is 13.2 Å². The zero-order chi connectivity index (χ0) is 20.0. The molecule has 3 rings (SSSR count). The molecule has 1 aliphatic heterocycles. The molecule has 1 saturated heterocycles. The zero-order valence-corrected chi connectivity index (χ0v) is 15.8. The maximum atomic E-state index is 14.1. The first-order valence-electron chi connectivity index (χ1n) is 9.30. The number of hydrogen-bond acceptors (Lipinski definition) is 3. The molecular formula is C22H24F3NO2. The lowest BCUT2D eigenvalue weighted by atomic mass is 9.95. The number of alkyl halides is 3. The smallest absolute Gasteiger partial charge is 0.431 e. The van der Waals surface area contributed by atoms with Crippen LogP contribution in [0.2, 0.25) is 0 Å². The van der Waals surface area contributed by atoms with E-state index in [9.17, 15) is 13.2 Å². The topological polar surface area (TPSA) is 21.7 Å². The maximum absolute atomic E-state index is 14.1. The summed E-state index contributed by atoms with van der Waals surface area (Å²) in [5, 5.41) is 0. The summed E-state index contributed by atoms with van der Waals surface area (Å²) in [6, 6.07) is 16.4. The number of morpholine rings is 1. The van der Waals surface area contributed by atoms with Crippen LogP contribution in [0.3, 0.4) is 0 Å². The van der Waals surface area contributed by atoms with Gasteiger partial charge in [-0.1, -0.05) is 42.5 Å². The van der Waals surface area contributed by atoms with Crippen LogP contribution in [0.5, 0.6) is 5.75 Å². The minimum absolute atomic E-state index is 0.236. The van der Waals surface area contributed by atoms with Crippen LogP contribution in [-0.4, -0.2) is 44.5 Å². The average Bonchev–Trinajstić information content (AvgIpc) is 2.71. The Morgan fingerprint density at radius 2 is 1.64 bits per heavy atom. The molecule has 0 unspecified atom stereocenters. The third kappa shape index (κ3) is 5.07. The lowest BCUT2D eigenvalue weighted by Crippen LogP contribution is -2.41. The van der Waals surface area contributed by atoms with Gasteiger partial charge in [0.15, 0.2) is 0 Å². The number of methoxy groups -OCH3 is 1. The van der Waals surface area contributed by atoms with E-state index in [0.717, 1.165) is 5.56 Å². The van der Waals surface area contributed by atoms with Crippen molar-refractivity contribution in [3.05, 3.63) is 71.4 Å². The Morgan fingerprint density at radius 3 is 2.21 bits per heavy atom. The van der Waals surface area contributed by atoms with Crippen molar-refractivity contribution in [3.8, 4) is 5.75 Å². The highest BCUT2D eigenvalue weighted by molar-refractivity contribution is 5.70. The molecule has 0 saturated carbocycles. The summed E-state index contributed by atoms with van der Waals surface area (Å²) in [7, 11) is 1.54. The number of rotatable bonds is 6. The fraction of sp³-hybridized carbons (Fsp3) is 0.364. The molecule has 2 aromatic rings. The van der Waals surface area contributed by atoms with Gasteiger partial charge in [0.25, 0.3) is 0 Å². The Morgan fingerprint density at radius 1 is 1.00 bits per heavy atom. The Hall–Kier alpha value is -2.47. The van der Waals surface area contributed by atoms with Gasteiger partial charge >= 0.3 is 6.18 Å². The second-order valence-corrected chi connectivity index (χ2v) is 6.64. The summed E-state index contributed by atoms with van der Waals surface area (Å²) in [4.78, 5) is 1.41. The largest absolute Gasteiger partial charge is 0.497 e. The Labute approximate surface area is 163 Å². The molecular weight excluding hydrogens is 367 g/mol. The van der Waals surface area contributed by atoms with Crippen molar-refractivity contribution in [1.82, 2.24) is 4.90 Å².